The molecule has 2 aliphatic rings. The van der Waals surface area contributed by atoms with Crippen molar-refractivity contribution in [3.8, 4) is 11.5 Å². The Morgan fingerprint density at radius 1 is 1.00 bits per heavy atom. The molecule has 192 valence electrons. The first-order valence-corrected chi connectivity index (χ1v) is 12.1. The van der Waals surface area contributed by atoms with Gasteiger partial charge in [0.1, 0.15) is 18.1 Å². The number of nitrogens with zero attached hydrogens (tertiary/aromatic N) is 3. The van der Waals surface area contributed by atoms with E-state index in [1.54, 1.807) is 24.0 Å². The average molecular weight is 506 g/mol. The number of benzene rings is 2. The second-order valence-electron chi connectivity index (χ2n) is 9.37. The quantitative estimate of drug-likeness (QED) is 0.313. The second kappa shape index (κ2) is 9.96. The molecule has 10 nitrogen and oxygen atoms in total. The van der Waals surface area contributed by atoms with Crippen molar-refractivity contribution in [3.63, 3.8) is 0 Å². The molecule has 2 heterocycles. The lowest BCUT2D eigenvalue weighted by atomic mass is 10.1. The zero-order chi connectivity index (χ0) is 26.1. The number of hydrogen-bond acceptors (Lipinski definition) is 7. The molecule has 2 amide bonds. The minimum absolute atomic E-state index is 0.0740. The molecule has 2 aromatic carbocycles. The summed E-state index contributed by atoms with van der Waals surface area (Å²) in [5, 5.41) is 11.4. The Kier molecular flexibility index (Phi) is 6.56. The Morgan fingerprint density at radius 2 is 1.78 bits per heavy atom. The molecule has 1 aromatic heterocycles. The van der Waals surface area contributed by atoms with E-state index in [0.29, 0.717) is 22.8 Å². The first-order valence-electron chi connectivity index (χ1n) is 12.1. The minimum Gasteiger partial charge on any atom is -0.464 e. The van der Waals surface area contributed by atoms with Crippen molar-refractivity contribution < 1.29 is 28.4 Å². The van der Waals surface area contributed by atoms with E-state index in [4.69, 9.17) is 13.9 Å². The predicted octanol–water partition coefficient (Wildman–Crippen LogP) is 4.37. The molecule has 1 aliphatic carbocycles. The number of fused-ring (bicyclic) bond motifs is 1. The van der Waals surface area contributed by atoms with Crippen molar-refractivity contribution >= 4 is 17.5 Å². The van der Waals surface area contributed by atoms with E-state index in [2.05, 4.69) is 0 Å². The van der Waals surface area contributed by atoms with Crippen LogP contribution in [0.5, 0.6) is 11.5 Å². The number of furan rings is 1. The van der Waals surface area contributed by atoms with Gasteiger partial charge in [-0.2, -0.15) is 0 Å². The van der Waals surface area contributed by atoms with Crippen molar-refractivity contribution in [2.75, 3.05) is 13.3 Å². The number of nitro groups is 1. The van der Waals surface area contributed by atoms with E-state index in [0.717, 1.165) is 24.2 Å². The van der Waals surface area contributed by atoms with E-state index in [9.17, 15) is 19.7 Å². The summed E-state index contributed by atoms with van der Waals surface area (Å²) >= 11 is 0. The largest absolute Gasteiger partial charge is 0.464 e. The number of aryl methyl sites for hydroxylation is 2. The van der Waals surface area contributed by atoms with Gasteiger partial charge in [0, 0.05) is 29.8 Å². The van der Waals surface area contributed by atoms with Gasteiger partial charge in [0.15, 0.2) is 11.5 Å². The monoisotopic (exact) mass is 505 g/mol. The van der Waals surface area contributed by atoms with Crippen LogP contribution in [0.3, 0.4) is 0 Å². The molecule has 3 aromatic rings. The van der Waals surface area contributed by atoms with E-state index in [1.165, 1.54) is 11.0 Å². The van der Waals surface area contributed by atoms with Crippen LogP contribution in [0.1, 0.15) is 45.8 Å². The average Bonchev–Trinajstić information content (AvgIpc) is 3.46. The van der Waals surface area contributed by atoms with Gasteiger partial charge in [-0.05, 0) is 62.6 Å². The van der Waals surface area contributed by atoms with Crippen molar-refractivity contribution in [3.05, 3.63) is 86.9 Å². The predicted molar refractivity (Wildman–Crippen MR) is 132 cm³/mol. The van der Waals surface area contributed by atoms with Gasteiger partial charge < -0.3 is 23.7 Å². The van der Waals surface area contributed by atoms with Crippen LogP contribution in [0, 0.1) is 24.0 Å². The maximum atomic E-state index is 13.6. The molecule has 5 rings (SSSR count). The van der Waals surface area contributed by atoms with Crippen LogP contribution in [0.15, 0.2) is 52.9 Å². The maximum Gasteiger partial charge on any atom is 0.273 e. The van der Waals surface area contributed by atoms with Crippen molar-refractivity contribution in [2.45, 2.75) is 45.8 Å². The number of rotatable bonds is 9. The summed E-state index contributed by atoms with van der Waals surface area (Å²) in [6, 6.07) is 13.5. The summed E-state index contributed by atoms with van der Waals surface area (Å²) in [4.78, 5) is 41.1. The smallest absolute Gasteiger partial charge is 0.273 e. The highest BCUT2D eigenvalue weighted by Crippen LogP contribution is 2.33. The van der Waals surface area contributed by atoms with Crippen molar-refractivity contribution in [2.24, 2.45) is 0 Å². The highest BCUT2D eigenvalue weighted by Gasteiger charge is 2.36. The third-order valence-electron chi connectivity index (χ3n) is 6.51. The fraction of sp³-hybridized carbons (Fsp3) is 0.333. The third-order valence-corrected chi connectivity index (χ3v) is 6.51. The molecule has 1 aliphatic heterocycles. The van der Waals surface area contributed by atoms with Gasteiger partial charge in [0.05, 0.1) is 11.5 Å². The van der Waals surface area contributed by atoms with Crippen LogP contribution in [-0.2, 0) is 17.9 Å². The van der Waals surface area contributed by atoms with Gasteiger partial charge >= 0.3 is 0 Å². The van der Waals surface area contributed by atoms with E-state index in [-0.39, 0.29) is 49.6 Å². The highest BCUT2D eigenvalue weighted by atomic mass is 16.7. The Labute approximate surface area is 213 Å². The van der Waals surface area contributed by atoms with Crippen LogP contribution in [0.4, 0.5) is 5.69 Å². The lowest BCUT2D eigenvalue weighted by Crippen LogP contribution is -2.43. The van der Waals surface area contributed by atoms with E-state index in [1.807, 2.05) is 37.3 Å². The standard InChI is InChI=1S/C27H27N3O7/c1-17-3-6-20(12-23(17)30(33)34)27(32)29(21-7-8-21)15-26(31)28(14-22-9-4-18(2)37-22)13-19-5-10-24-25(11-19)36-16-35-24/h3-6,9-12,21H,7-8,13-16H2,1-2H3. The zero-order valence-electron chi connectivity index (χ0n) is 20.6. The Balaban J connectivity index is 1.38. The Bertz CT molecular complexity index is 1360. The van der Waals surface area contributed by atoms with Gasteiger partial charge in [-0.15, -0.1) is 0 Å². The van der Waals surface area contributed by atoms with Gasteiger partial charge in [-0.3, -0.25) is 19.7 Å². The Morgan fingerprint density at radius 3 is 2.49 bits per heavy atom. The van der Waals surface area contributed by atoms with Crippen molar-refractivity contribution in [1.29, 1.82) is 0 Å². The highest BCUT2D eigenvalue weighted by molar-refractivity contribution is 5.97. The molecule has 0 radical (unpaired) electrons. The fourth-order valence-electron chi connectivity index (χ4n) is 4.35. The molecular formula is C27H27N3O7. The fourth-order valence-corrected chi connectivity index (χ4v) is 4.35. The number of ether oxygens (including phenoxy) is 2. The molecule has 0 saturated heterocycles. The second-order valence-corrected chi connectivity index (χ2v) is 9.37. The van der Waals surface area contributed by atoms with Crippen LogP contribution >= 0.6 is 0 Å². The molecule has 0 unspecified atom stereocenters. The van der Waals surface area contributed by atoms with Crippen LogP contribution in [0.25, 0.3) is 0 Å². The number of carbonyl (C=O) groups is 2. The normalized spacial score (nSPS) is 13.9. The Hall–Kier alpha value is -4.34. The van der Waals surface area contributed by atoms with Crippen LogP contribution < -0.4 is 9.47 Å². The number of carbonyl (C=O) groups excluding carboxylic acids is 2. The zero-order valence-corrected chi connectivity index (χ0v) is 20.6. The SMILES string of the molecule is Cc1ccc(CN(Cc2ccc3c(c2)OCO3)C(=O)CN(C(=O)c2ccc(C)c([N+](=O)[O-])c2)C2CC2)o1. The molecule has 0 N–H and O–H groups in total. The molecule has 0 spiro atoms. The first-order chi connectivity index (χ1) is 17.8. The number of amides is 2. The summed E-state index contributed by atoms with van der Waals surface area (Å²) in [6.07, 6.45) is 1.57. The summed E-state index contributed by atoms with van der Waals surface area (Å²) in [7, 11) is 0. The summed E-state index contributed by atoms with van der Waals surface area (Å²) in [6.45, 7) is 3.97. The molecule has 37 heavy (non-hydrogen) atoms. The third kappa shape index (κ3) is 5.42. The molecule has 0 bridgehead atoms. The number of nitro benzene ring substituents is 1. The van der Waals surface area contributed by atoms with Crippen LogP contribution in [0.2, 0.25) is 0 Å². The molecular weight excluding hydrogens is 478 g/mol. The molecule has 1 saturated carbocycles. The van der Waals surface area contributed by atoms with Gasteiger partial charge in [-0.1, -0.05) is 12.1 Å². The lowest BCUT2D eigenvalue weighted by Gasteiger charge is -2.27. The lowest BCUT2D eigenvalue weighted by molar-refractivity contribution is -0.385. The topological polar surface area (TPSA) is 115 Å². The summed E-state index contributed by atoms with van der Waals surface area (Å²) < 4.78 is 16.6. The molecule has 1 fully saturated rings. The van der Waals surface area contributed by atoms with Gasteiger partial charge in [0.25, 0.3) is 11.6 Å². The van der Waals surface area contributed by atoms with Gasteiger partial charge in [-0.25, -0.2) is 0 Å². The minimum atomic E-state index is -0.503. The summed E-state index contributed by atoms with van der Waals surface area (Å²) in [5.74, 6) is 1.99. The van der Waals surface area contributed by atoms with Crippen molar-refractivity contribution in [1.82, 2.24) is 9.80 Å². The van der Waals surface area contributed by atoms with Gasteiger partial charge in [0.2, 0.25) is 12.7 Å². The molecule has 0 atom stereocenters. The van der Waals surface area contributed by atoms with E-state index >= 15 is 0 Å². The first kappa shape index (κ1) is 24.4. The van der Waals surface area contributed by atoms with E-state index < -0.39 is 10.8 Å². The van der Waals surface area contributed by atoms with Crippen LogP contribution in [-0.4, -0.2) is 45.9 Å². The molecule has 10 heteroatoms. The summed E-state index contributed by atoms with van der Waals surface area (Å²) in [5.41, 5.74) is 1.39. The number of hydrogen-bond donors (Lipinski definition) is 0. The maximum absolute atomic E-state index is 13.6.